The van der Waals surface area contributed by atoms with Gasteiger partial charge in [0.05, 0.1) is 5.60 Å². The van der Waals surface area contributed by atoms with Crippen LogP contribution in [0.1, 0.15) is 28.8 Å². The van der Waals surface area contributed by atoms with Crippen molar-refractivity contribution in [2.45, 2.75) is 18.4 Å². The molecule has 138 valence electrons. The van der Waals surface area contributed by atoms with Gasteiger partial charge in [0, 0.05) is 18.7 Å². The second-order valence-corrected chi connectivity index (χ2v) is 6.77. The van der Waals surface area contributed by atoms with Crippen LogP contribution in [-0.2, 0) is 5.60 Å². The Labute approximate surface area is 156 Å². The van der Waals surface area contributed by atoms with Gasteiger partial charge in [-0.3, -0.25) is 0 Å². The number of benzene rings is 2. The van der Waals surface area contributed by atoms with Gasteiger partial charge in [-0.25, -0.2) is 4.79 Å². The zero-order valence-electron chi connectivity index (χ0n) is 14.7. The van der Waals surface area contributed by atoms with Crippen molar-refractivity contribution in [3.8, 4) is 11.3 Å². The van der Waals surface area contributed by atoms with E-state index in [1.165, 1.54) is 0 Å². The minimum atomic E-state index is -1.08. The van der Waals surface area contributed by atoms with Crippen LogP contribution in [0.2, 0.25) is 0 Å². The standard InChI is InChI=1S/C21H20N2O4/c24-20(25)17-18(15-7-3-1-4-8-15)27-22-19(17)23-13-11-21(26,12-14-23)16-9-5-2-6-10-16/h1-10,26H,11-14H2,(H,24,25). The molecule has 1 aliphatic rings. The largest absolute Gasteiger partial charge is 0.477 e. The van der Waals surface area contributed by atoms with E-state index in [1.807, 2.05) is 53.4 Å². The lowest BCUT2D eigenvalue weighted by molar-refractivity contribution is 0.0115. The number of aliphatic hydroxyl groups is 1. The Kier molecular flexibility index (Phi) is 4.41. The van der Waals surface area contributed by atoms with E-state index in [4.69, 9.17) is 4.52 Å². The maximum absolute atomic E-state index is 11.9. The second kappa shape index (κ2) is 6.89. The normalized spacial score (nSPS) is 16.3. The third-order valence-electron chi connectivity index (χ3n) is 5.13. The number of carboxylic acid groups (broad SMARTS) is 1. The first-order chi connectivity index (χ1) is 13.1. The van der Waals surface area contributed by atoms with Crippen LogP contribution in [0.4, 0.5) is 5.82 Å². The van der Waals surface area contributed by atoms with Gasteiger partial charge >= 0.3 is 5.97 Å². The van der Waals surface area contributed by atoms with Crippen molar-refractivity contribution < 1.29 is 19.5 Å². The molecule has 6 nitrogen and oxygen atoms in total. The maximum Gasteiger partial charge on any atom is 0.343 e. The zero-order valence-corrected chi connectivity index (χ0v) is 14.7. The van der Waals surface area contributed by atoms with Gasteiger partial charge in [0.2, 0.25) is 0 Å². The minimum Gasteiger partial charge on any atom is -0.477 e. The molecule has 0 unspecified atom stereocenters. The molecule has 2 aromatic carbocycles. The van der Waals surface area contributed by atoms with Gasteiger partial charge in [0.15, 0.2) is 17.1 Å². The van der Waals surface area contributed by atoms with Gasteiger partial charge < -0.3 is 19.6 Å². The van der Waals surface area contributed by atoms with E-state index in [9.17, 15) is 15.0 Å². The van der Waals surface area contributed by atoms with Crippen molar-refractivity contribution in [2.75, 3.05) is 18.0 Å². The molecule has 1 saturated heterocycles. The van der Waals surface area contributed by atoms with E-state index in [0.717, 1.165) is 5.56 Å². The summed E-state index contributed by atoms with van der Waals surface area (Å²) >= 11 is 0. The van der Waals surface area contributed by atoms with Gasteiger partial charge in [0.1, 0.15) is 0 Å². The summed E-state index contributed by atoms with van der Waals surface area (Å²) in [6.07, 6.45) is 0.979. The van der Waals surface area contributed by atoms with Crippen LogP contribution in [-0.4, -0.2) is 34.4 Å². The summed E-state index contributed by atoms with van der Waals surface area (Å²) in [4.78, 5) is 13.8. The molecule has 0 aliphatic carbocycles. The number of carboxylic acids is 1. The smallest absolute Gasteiger partial charge is 0.343 e. The Morgan fingerprint density at radius 3 is 2.19 bits per heavy atom. The predicted molar refractivity (Wildman–Crippen MR) is 101 cm³/mol. The highest BCUT2D eigenvalue weighted by atomic mass is 16.5. The molecule has 1 fully saturated rings. The van der Waals surface area contributed by atoms with Gasteiger partial charge in [-0.1, -0.05) is 65.8 Å². The molecule has 27 heavy (non-hydrogen) atoms. The molecule has 3 aromatic rings. The van der Waals surface area contributed by atoms with Crippen molar-refractivity contribution in [3.63, 3.8) is 0 Å². The SMILES string of the molecule is O=C(O)c1c(N2CCC(O)(c3ccccc3)CC2)noc1-c1ccccc1. The van der Waals surface area contributed by atoms with Crippen molar-refractivity contribution in [1.29, 1.82) is 0 Å². The van der Waals surface area contributed by atoms with Crippen LogP contribution in [0.3, 0.4) is 0 Å². The lowest BCUT2D eigenvalue weighted by atomic mass is 9.84. The third-order valence-corrected chi connectivity index (χ3v) is 5.13. The lowest BCUT2D eigenvalue weighted by Crippen LogP contribution is -2.43. The van der Waals surface area contributed by atoms with Gasteiger partial charge in [0.25, 0.3) is 0 Å². The molecular formula is C21H20N2O4. The monoisotopic (exact) mass is 364 g/mol. The van der Waals surface area contributed by atoms with Crippen molar-refractivity contribution in [3.05, 3.63) is 71.8 Å². The molecular weight excluding hydrogens is 344 g/mol. The minimum absolute atomic E-state index is 0.0614. The number of aromatic nitrogens is 1. The molecule has 0 bridgehead atoms. The lowest BCUT2D eigenvalue weighted by Gasteiger charge is -2.38. The van der Waals surface area contributed by atoms with E-state index >= 15 is 0 Å². The molecule has 0 atom stereocenters. The number of anilines is 1. The Bertz CT molecular complexity index is 929. The molecule has 1 aliphatic heterocycles. The topological polar surface area (TPSA) is 86.8 Å². The quantitative estimate of drug-likeness (QED) is 0.736. The number of nitrogens with zero attached hydrogens (tertiary/aromatic N) is 2. The Morgan fingerprint density at radius 1 is 1.00 bits per heavy atom. The summed E-state index contributed by atoms with van der Waals surface area (Å²) in [6.45, 7) is 0.985. The third kappa shape index (κ3) is 3.19. The Hall–Kier alpha value is -3.12. The predicted octanol–water partition coefficient (Wildman–Crippen LogP) is 3.53. The molecule has 0 radical (unpaired) electrons. The van der Waals surface area contributed by atoms with E-state index < -0.39 is 11.6 Å². The fourth-order valence-electron chi connectivity index (χ4n) is 3.60. The van der Waals surface area contributed by atoms with Gasteiger partial charge in [-0.2, -0.15) is 0 Å². The first-order valence-corrected chi connectivity index (χ1v) is 8.90. The van der Waals surface area contributed by atoms with Crippen LogP contribution in [0.25, 0.3) is 11.3 Å². The summed E-state index contributed by atoms with van der Waals surface area (Å²) in [5, 5.41) is 24.8. The molecule has 2 N–H and O–H groups in total. The average Bonchev–Trinajstić information content (AvgIpc) is 3.15. The second-order valence-electron chi connectivity index (χ2n) is 6.77. The number of piperidine rings is 1. The van der Waals surface area contributed by atoms with Crippen LogP contribution >= 0.6 is 0 Å². The van der Waals surface area contributed by atoms with E-state index in [2.05, 4.69) is 5.16 Å². The zero-order chi connectivity index (χ0) is 18.9. The molecule has 0 spiro atoms. The number of aromatic carboxylic acids is 1. The highest BCUT2D eigenvalue weighted by molar-refractivity contribution is 5.99. The van der Waals surface area contributed by atoms with Crippen molar-refractivity contribution in [2.24, 2.45) is 0 Å². The van der Waals surface area contributed by atoms with Crippen molar-refractivity contribution in [1.82, 2.24) is 5.16 Å². The van der Waals surface area contributed by atoms with E-state index in [1.54, 1.807) is 12.1 Å². The summed E-state index contributed by atoms with van der Waals surface area (Å²) in [5.41, 5.74) is 0.707. The van der Waals surface area contributed by atoms with Crippen molar-refractivity contribution >= 4 is 11.8 Å². The van der Waals surface area contributed by atoms with Crippen LogP contribution in [0.5, 0.6) is 0 Å². The Balaban J connectivity index is 1.61. The van der Waals surface area contributed by atoms with Gasteiger partial charge in [-0.15, -0.1) is 0 Å². The number of rotatable bonds is 4. The number of carbonyl (C=O) groups is 1. The average molecular weight is 364 g/mol. The van der Waals surface area contributed by atoms with Crippen LogP contribution in [0, 0.1) is 0 Å². The summed E-state index contributed by atoms with van der Waals surface area (Å²) < 4.78 is 5.40. The highest BCUT2D eigenvalue weighted by Gasteiger charge is 2.36. The number of hydrogen-bond donors (Lipinski definition) is 2. The molecule has 6 heteroatoms. The molecule has 2 heterocycles. The summed E-state index contributed by atoms with van der Waals surface area (Å²) in [6, 6.07) is 18.7. The summed E-state index contributed by atoms with van der Waals surface area (Å²) in [5.74, 6) is -0.507. The van der Waals surface area contributed by atoms with Crippen LogP contribution < -0.4 is 4.90 Å². The van der Waals surface area contributed by atoms with Crippen LogP contribution in [0.15, 0.2) is 65.2 Å². The van der Waals surface area contributed by atoms with Gasteiger partial charge in [-0.05, 0) is 18.4 Å². The first kappa shape index (κ1) is 17.3. The first-order valence-electron chi connectivity index (χ1n) is 8.90. The molecule has 4 rings (SSSR count). The summed E-state index contributed by atoms with van der Waals surface area (Å²) in [7, 11) is 0. The van der Waals surface area contributed by atoms with E-state index in [-0.39, 0.29) is 11.3 Å². The highest BCUT2D eigenvalue weighted by Crippen LogP contribution is 2.37. The molecule has 0 saturated carbocycles. The maximum atomic E-state index is 11.9. The number of hydrogen-bond acceptors (Lipinski definition) is 5. The van der Waals surface area contributed by atoms with E-state index in [0.29, 0.717) is 37.3 Å². The Morgan fingerprint density at radius 2 is 1.59 bits per heavy atom. The fraction of sp³-hybridized carbons (Fsp3) is 0.238. The molecule has 1 aromatic heterocycles. The fourth-order valence-corrected chi connectivity index (χ4v) is 3.60. The molecule has 0 amide bonds.